The van der Waals surface area contributed by atoms with Crippen LogP contribution in [0.4, 0.5) is 11.4 Å². The molecule has 0 aromatic heterocycles. The maximum Gasteiger partial charge on any atom is 0.397 e. The lowest BCUT2D eigenvalue weighted by Gasteiger charge is -2.26. The highest BCUT2D eigenvalue weighted by molar-refractivity contribution is 7.89. The maximum atomic E-state index is 13.7. The van der Waals surface area contributed by atoms with Crippen molar-refractivity contribution in [3.63, 3.8) is 0 Å². The fraction of sp³-hybridized carbons (Fsp3) is 0.364. The number of rotatable bonds is 10. The first-order valence-electron chi connectivity index (χ1n) is 14.6. The molecule has 1 fully saturated rings. The summed E-state index contributed by atoms with van der Waals surface area (Å²) in [6, 6.07) is 21.2. The number of likely N-dealkylation sites (N-methyl/N-ethyl adjacent to an activating group) is 1. The van der Waals surface area contributed by atoms with Gasteiger partial charge in [-0.2, -0.15) is 4.31 Å². The van der Waals surface area contributed by atoms with Crippen LogP contribution in [-0.4, -0.2) is 50.7 Å². The van der Waals surface area contributed by atoms with Gasteiger partial charge in [-0.05, 0) is 80.1 Å². The summed E-state index contributed by atoms with van der Waals surface area (Å²) >= 11 is 0. The SMILES string of the molecule is CCOC(=O)C(=O)Nc1ccc(N(Cc2ccc(C3CCCCC3)cc2)C(=O)CN(C)S(=O)(=O)c2ccc(C)cc2)cc1. The first-order chi connectivity index (χ1) is 20.6. The number of carbonyl (C=O) groups excluding carboxylic acids is 3. The van der Waals surface area contributed by atoms with Crippen LogP contribution in [0.3, 0.4) is 0 Å². The third-order valence-corrected chi connectivity index (χ3v) is 9.50. The van der Waals surface area contributed by atoms with Crippen LogP contribution in [-0.2, 0) is 35.7 Å². The van der Waals surface area contributed by atoms with E-state index in [2.05, 4.69) is 17.4 Å². The van der Waals surface area contributed by atoms with Gasteiger partial charge in [-0.15, -0.1) is 0 Å². The number of aryl methyl sites for hydroxylation is 1. The fourth-order valence-electron chi connectivity index (χ4n) is 5.19. The molecule has 43 heavy (non-hydrogen) atoms. The number of nitrogens with one attached hydrogen (secondary N) is 1. The third-order valence-electron chi connectivity index (χ3n) is 7.68. The van der Waals surface area contributed by atoms with Crippen molar-refractivity contribution in [2.75, 3.05) is 30.4 Å². The average Bonchev–Trinajstić information content (AvgIpc) is 3.01. The van der Waals surface area contributed by atoms with Crippen LogP contribution in [0.25, 0.3) is 0 Å². The Kier molecular flexibility index (Phi) is 10.7. The molecule has 1 aliphatic rings. The number of anilines is 2. The summed E-state index contributed by atoms with van der Waals surface area (Å²) in [6.07, 6.45) is 6.13. The quantitative estimate of drug-likeness (QED) is 0.245. The van der Waals surface area contributed by atoms with E-state index < -0.39 is 27.8 Å². The molecule has 0 unspecified atom stereocenters. The molecule has 3 aromatic rings. The monoisotopic (exact) mass is 605 g/mol. The Bertz CT molecular complexity index is 1510. The number of hydrogen-bond donors (Lipinski definition) is 1. The number of nitrogens with zero attached hydrogens (tertiary/aromatic N) is 2. The van der Waals surface area contributed by atoms with Gasteiger partial charge in [0.2, 0.25) is 15.9 Å². The van der Waals surface area contributed by atoms with Crippen LogP contribution >= 0.6 is 0 Å². The molecule has 10 heteroatoms. The predicted octanol–water partition coefficient (Wildman–Crippen LogP) is 5.40. The minimum absolute atomic E-state index is 0.0813. The first kappa shape index (κ1) is 31.9. The minimum atomic E-state index is -3.90. The number of ether oxygens (including phenoxy) is 1. The Morgan fingerprint density at radius 2 is 1.51 bits per heavy atom. The van der Waals surface area contributed by atoms with E-state index in [9.17, 15) is 22.8 Å². The van der Waals surface area contributed by atoms with Crippen molar-refractivity contribution in [2.45, 2.75) is 63.3 Å². The molecule has 1 aliphatic carbocycles. The van der Waals surface area contributed by atoms with Gasteiger partial charge in [0.15, 0.2) is 0 Å². The summed E-state index contributed by atoms with van der Waals surface area (Å²) in [4.78, 5) is 39.1. The average molecular weight is 606 g/mol. The molecule has 0 aliphatic heterocycles. The first-order valence-corrected chi connectivity index (χ1v) is 16.0. The minimum Gasteiger partial charge on any atom is -0.459 e. The molecule has 4 rings (SSSR count). The van der Waals surface area contributed by atoms with Crippen molar-refractivity contribution < 1.29 is 27.5 Å². The molecular formula is C33H39N3O6S. The molecule has 1 N–H and O–H groups in total. The predicted molar refractivity (Wildman–Crippen MR) is 166 cm³/mol. The van der Waals surface area contributed by atoms with Gasteiger partial charge < -0.3 is 15.0 Å². The van der Waals surface area contributed by atoms with Crippen LogP contribution in [0.5, 0.6) is 0 Å². The Morgan fingerprint density at radius 1 is 0.884 bits per heavy atom. The Balaban J connectivity index is 1.55. The van der Waals surface area contributed by atoms with Crippen molar-refractivity contribution in [2.24, 2.45) is 0 Å². The van der Waals surface area contributed by atoms with Crippen molar-refractivity contribution in [3.8, 4) is 0 Å². The van der Waals surface area contributed by atoms with E-state index in [1.807, 2.05) is 19.1 Å². The van der Waals surface area contributed by atoms with Crippen LogP contribution in [0.1, 0.15) is 61.6 Å². The highest BCUT2D eigenvalue weighted by atomic mass is 32.2. The summed E-state index contributed by atoms with van der Waals surface area (Å²) in [7, 11) is -2.51. The second-order valence-corrected chi connectivity index (χ2v) is 12.9. The zero-order valence-electron chi connectivity index (χ0n) is 24.9. The van der Waals surface area contributed by atoms with E-state index in [1.54, 1.807) is 43.3 Å². The topological polar surface area (TPSA) is 113 Å². The lowest BCUT2D eigenvalue weighted by Crippen LogP contribution is -2.41. The molecule has 2 amide bonds. The van der Waals surface area contributed by atoms with E-state index >= 15 is 0 Å². The Labute approximate surface area is 253 Å². The van der Waals surface area contributed by atoms with Crippen molar-refractivity contribution in [1.29, 1.82) is 0 Å². The van der Waals surface area contributed by atoms with Gasteiger partial charge in [0.05, 0.1) is 24.6 Å². The summed E-state index contributed by atoms with van der Waals surface area (Å²) in [5, 5.41) is 2.48. The van der Waals surface area contributed by atoms with Crippen molar-refractivity contribution in [1.82, 2.24) is 4.31 Å². The number of benzene rings is 3. The number of esters is 1. The van der Waals surface area contributed by atoms with Gasteiger partial charge in [0.1, 0.15) is 0 Å². The highest BCUT2D eigenvalue weighted by Gasteiger charge is 2.26. The van der Waals surface area contributed by atoms with E-state index in [0.717, 1.165) is 15.4 Å². The molecule has 3 aromatic carbocycles. The van der Waals surface area contributed by atoms with Gasteiger partial charge in [-0.1, -0.05) is 61.2 Å². The van der Waals surface area contributed by atoms with Crippen LogP contribution in [0.15, 0.2) is 77.7 Å². The van der Waals surface area contributed by atoms with Gasteiger partial charge in [0, 0.05) is 18.4 Å². The normalized spacial score (nSPS) is 13.9. The second-order valence-electron chi connectivity index (χ2n) is 10.9. The largest absolute Gasteiger partial charge is 0.459 e. The van der Waals surface area contributed by atoms with E-state index in [1.165, 1.54) is 61.7 Å². The summed E-state index contributed by atoms with van der Waals surface area (Å²) < 4.78 is 32.2. The molecule has 1 saturated carbocycles. The van der Waals surface area contributed by atoms with Crippen LogP contribution in [0.2, 0.25) is 0 Å². The van der Waals surface area contributed by atoms with Crippen molar-refractivity contribution in [3.05, 3.63) is 89.5 Å². The van der Waals surface area contributed by atoms with Crippen LogP contribution < -0.4 is 10.2 Å². The summed E-state index contributed by atoms with van der Waals surface area (Å²) in [5.74, 6) is -1.75. The van der Waals surface area contributed by atoms with Gasteiger partial charge in [0.25, 0.3) is 0 Å². The molecule has 228 valence electrons. The Hall–Kier alpha value is -4.02. The maximum absolute atomic E-state index is 13.7. The van der Waals surface area contributed by atoms with E-state index in [4.69, 9.17) is 4.74 Å². The highest BCUT2D eigenvalue weighted by Crippen LogP contribution is 2.33. The third kappa shape index (κ3) is 8.30. The zero-order chi connectivity index (χ0) is 31.0. The molecular weight excluding hydrogens is 566 g/mol. The smallest absolute Gasteiger partial charge is 0.397 e. The second kappa shape index (κ2) is 14.4. The lowest BCUT2D eigenvalue weighted by atomic mass is 9.84. The van der Waals surface area contributed by atoms with Crippen LogP contribution in [0, 0.1) is 6.92 Å². The number of carbonyl (C=O) groups is 3. The van der Waals surface area contributed by atoms with Gasteiger partial charge in [-0.3, -0.25) is 9.59 Å². The van der Waals surface area contributed by atoms with Crippen molar-refractivity contribution >= 4 is 39.2 Å². The number of hydrogen-bond acceptors (Lipinski definition) is 6. The molecule has 0 heterocycles. The Morgan fingerprint density at radius 3 is 2.12 bits per heavy atom. The fourth-order valence-corrected chi connectivity index (χ4v) is 6.31. The summed E-state index contributed by atoms with van der Waals surface area (Å²) in [6.45, 7) is 3.40. The molecule has 9 nitrogen and oxygen atoms in total. The molecule has 0 spiro atoms. The standard InChI is InChI=1S/C33H39N3O6S/c1-4-42-33(39)32(38)34-28-16-18-29(19-17-28)36(22-25-12-14-27(15-13-25)26-8-6-5-7-9-26)31(37)23-35(3)43(40,41)30-20-10-24(2)11-21-30/h10-21,26H,4-9,22-23H2,1-3H3,(H,34,38). The molecule has 0 saturated heterocycles. The van der Waals surface area contributed by atoms with Gasteiger partial charge in [-0.25, -0.2) is 13.2 Å². The summed E-state index contributed by atoms with van der Waals surface area (Å²) in [5.41, 5.74) is 3.99. The van der Waals surface area contributed by atoms with E-state index in [0.29, 0.717) is 17.3 Å². The van der Waals surface area contributed by atoms with E-state index in [-0.39, 0.29) is 24.6 Å². The zero-order valence-corrected chi connectivity index (χ0v) is 25.7. The number of sulfonamides is 1. The van der Waals surface area contributed by atoms with Gasteiger partial charge >= 0.3 is 11.9 Å². The number of amides is 2. The molecule has 0 bridgehead atoms. The molecule has 0 atom stereocenters. The lowest BCUT2D eigenvalue weighted by molar-refractivity contribution is -0.152. The molecule has 0 radical (unpaired) electrons.